The predicted octanol–water partition coefficient (Wildman–Crippen LogP) is 4.43. The molecule has 13 heteroatoms. The summed E-state index contributed by atoms with van der Waals surface area (Å²) in [7, 11) is 1.51. The van der Waals surface area contributed by atoms with Gasteiger partial charge in [-0.1, -0.05) is 12.1 Å². The van der Waals surface area contributed by atoms with Gasteiger partial charge in [0.15, 0.2) is 11.6 Å². The van der Waals surface area contributed by atoms with Crippen molar-refractivity contribution in [3.05, 3.63) is 65.0 Å². The maximum atomic E-state index is 14.4. The Bertz CT molecular complexity index is 1190. The Balaban J connectivity index is 1.76. The molecule has 0 aliphatic carbocycles. The Morgan fingerprint density at radius 2 is 1.71 bits per heavy atom. The van der Waals surface area contributed by atoms with Crippen molar-refractivity contribution in [2.75, 3.05) is 26.7 Å². The third-order valence-corrected chi connectivity index (χ3v) is 6.23. The van der Waals surface area contributed by atoms with Gasteiger partial charge in [0.25, 0.3) is 0 Å². The minimum Gasteiger partial charge on any atom is -0.497 e. The van der Waals surface area contributed by atoms with E-state index in [1.54, 1.807) is 31.2 Å². The number of halogens is 6. The van der Waals surface area contributed by atoms with Gasteiger partial charge in [0, 0.05) is 37.7 Å². The molecule has 1 heterocycles. The van der Waals surface area contributed by atoms with Crippen LogP contribution in [0.4, 0.5) is 26.3 Å². The van der Waals surface area contributed by atoms with Crippen molar-refractivity contribution >= 4 is 17.6 Å². The maximum Gasteiger partial charge on any atom is 0.449 e. The van der Waals surface area contributed by atoms with Gasteiger partial charge in [0.05, 0.1) is 13.7 Å². The van der Waals surface area contributed by atoms with Crippen molar-refractivity contribution in [2.45, 2.75) is 38.0 Å². The van der Waals surface area contributed by atoms with E-state index in [9.17, 15) is 31.1 Å². The second-order valence-corrected chi connectivity index (χ2v) is 8.88. The van der Waals surface area contributed by atoms with E-state index < -0.39 is 53.8 Å². The van der Waals surface area contributed by atoms with Crippen LogP contribution in [-0.2, 0) is 11.2 Å². The number of piperazine rings is 1. The van der Waals surface area contributed by atoms with E-state index in [-0.39, 0.29) is 37.5 Å². The van der Waals surface area contributed by atoms with Gasteiger partial charge in [-0.2, -0.15) is 13.2 Å². The van der Waals surface area contributed by atoms with Crippen LogP contribution in [0.5, 0.6) is 5.75 Å². The van der Waals surface area contributed by atoms with Crippen molar-refractivity contribution in [3.63, 3.8) is 0 Å². The number of methoxy groups -OCH3 is 1. The first-order valence-electron chi connectivity index (χ1n) is 11.6. The first-order chi connectivity index (χ1) is 17.8. The monoisotopic (exact) mass is 543 g/mol. The molecule has 2 aromatic rings. The average Bonchev–Trinajstić information content (AvgIpc) is 2.86. The topological polar surface area (TPSA) is 92.5 Å². The molecular weight excluding hydrogens is 516 g/mol. The lowest BCUT2D eigenvalue weighted by Crippen LogP contribution is -2.57. The molecule has 206 valence electrons. The van der Waals surface area contributed by atoms with Gasteiger partial charge in [-0.3, -0.25) is 15.6 Å². The molecule has 1 saturated heterocycles. The molecule has 3 rings (SSSR count). The highest BCUT2D eigenvalue weighted by molar-refractivity contribution is 6.02. The molecule has 2 atom stereocenters. The number of carbonyl (C=O) groups is 1. The van der Waals surface area contributed by atoms with Crippen LogP contribution in [-0.4, -0.2) is 66.3 Å². The molecule has 2 unspecified atom stereocenters. The van der Waals surface area contributed by atoms with Crippen LogP contribution >= 0.6 is 0 Å². The molecule has 0 radical (unpaired) electrons. The second-order valence-electron chi connectivity index (χ2n) is 8.88. The molecule has 0 saturated carbocycles. The number of hydrogen-bond acceptors (Lipinski definition) is 5. The van der Waals surface area contributed by atoms with Gasteiger partial charge in [0.1, 0.15) is 17.4 Å². The minimum absolute atomic E-state index is 0.160. The van der Waals surface area contributed by atoms with Gasteiger partial charge in [-0.15, -0.1) is 0 Å². The molecule has 38 heavy (non-hydrogen) atoms. The molecule has 0 spiro atoms. The third kappa shape index (κ3) is 7.03. The molecule has 1 aliphatic heterocycles. The Morgan fingerprint density at radius 1 is 1.08 bits per heavy atom. The van der Waals surface area contributed by atoms with Gasteiger partial charge >= 0.3 is 6.18 Å². The molecule has 3 N–H and O–H groups in total. The highest BCUT2D eigenvalue weighted by atomic mass is 19.4. The Labute approximate surface area is 215 Å². The van der Waals surface area contributed by atoms with Gasteiger partial charge < -0.3 is 19.9 Å². The van der Waals surface area contributed by atoms with Crippen LogP contribution in [0.1, 0.15) is 30.5 Å². The molecule has 1 fully saturated rings. The fourth-order valence-electron chi connectivity index (χ4n) is 4.17. The zero-order chi connectivity index (χ0) is 28.2. The number of hydrogen-bond donors (Lipinski definition) is 3. The number of amidine groups is 2. The summed E-state index contributed by atoms with van der Waals surface area (Å²) in [5, 5.41) is 18.4. The number of alkyl halides is 3. The molecule has 0 aromatic heterocycles. The maximum absolute atomic E-state index is 14.4. The largest absolute Gasteiger partial charge is 0.497 e. The predicted molar refractivity (Wildman–Crippen MR) is 128 cm³/mol. The number of nitrogens with zero attached hydrogens (tertiary/aromatic N) is 2. The normalized spacial score (nSPS) is 15.8. The SMILES string of the molecule is COc1ccc(C(C)NC(CC(=O)N2CCN(C(=N)C(F)(F)F)C(=N)C2)Cc2cc(F)c(F)cc2F)cc1. The van der Waals surface area contributed by atoms with Crippen molar-refractivity contribution in [2.24, 2.45) is 0 Å². The van der Waals surface area contributed by atoms with Gasteiger partial charge in [0.2, 0.25) is 11.7 Å². The molecule has 7 nitrogen and oxygen atoms in total. The van der Waals surface area contributed by atoms with E-state index >= 15 is 0 Å². The van der Waals surface area contributed by atoms with E-state index in [1.165, 1.54) is 12.0 Å². The number of rotatable bonds is 8. The van der Waals surface area contributed by atoms with E-state index in [1.807, 2.05) is 0 Å². The summed E-state index contributed by atoms with van der Waals surface area (Å²) in [4.78, 5) is 14.7. The Kier molecular flexibility index (Phi) is 9.02. The molecule has 0 bridgehead atoms. The quantitative estimate of drug-likeness (QED) is 0.199. The van der Waals surface area contributed by atoms with Crippen LogP contribution in [0.3, 0.4) is 0 Å². The summed E-state index contributed by atoms with van der Waals surface area (Å²) < 4.78 is 85.5. The summed E-state index contributed by atoms with van der Waals surface area (Å²) in [5.74, 6) is -5.73. The lowest BCUT2D eigenvalue weighted by atomic mass is 9.99. The lowest BCUT2D eigenvalue weighted by Gasteiger charge is -2.37. The van der Waals surface area contributed by atoms with Gasteiger partial charge in [-0.05, 0) is 42.7 Å². The summed E-state index contributed by atoms with van der Waals surface area (Å²) in [5.41, 5.74) is 0.641. The van der Waals surface area contributed by atoms with Crippen molar-refractivity contribution < 1.29 is 35.9 Å². The smallest absolute Gasteiger partial charge is 0.449 e. The standard InChI is InChI=1S/C25H27F6N5O2/c1-14(15-3-5-18(38-2)6-4-15)34-17(9-16-10-20(27)21(28)12-19(16)26)11-23(37)35-7-8-36(22(32)13-35)24(33)25(29,30)31/h3-6,10,12,14,17,32-34H,7-9,11,13H2,1-2H3. The first kappa shape index (κ1) is 29.0. The van der Waals surface area contributed by atoms with Crippen molar-refractivity contribution in [1.82, 2.24) is 15.1 Å². The number of amides is 1. The third-order valence-electron chi connectivity index (χ3n) is 6.23. The molecular formula is C25H27F6N5O2. The van der Waals surface area contributed by atoms with Gasteiger partial charge in [-0.25, -0.2) is 13.2 Å². The van der Waals surface area contributed by atoms with Crippen molar-refractivity contribution in [3.8, 4) is 5.75 Å². The number of nitrogens with one attached hydrogen (secondary N) is 3. The van der Waals surface area contributed by atoms with E-state index in [0.717, 1.165) is 11.6 Å². The number of ether oxygens (including phenoxy) is 1. The van der Waals surface area contributed by atoms with Crippen LogP contribution in [0, 0.1) is 28.3 Å². The van der Waals surface area contributed by atoms with E-state index in [0.29, 0.717) is 16.7 Å². The van der Waals surface area contributed by atoms with Crippen molar-refractivity contribution in [1.29, 1.82) is 10.8 Å². The molecule has 1 aliphatic rings. The lowest BCUT2D eigenvalue weighted by molar-refractivity contribution is -0.131. The summed E-state index contributed by atoms with van der Waals surface area (Å²) in [6.45, 7) is 0.788. The molecule has 1 amide bonds. The second kappa shape index (κ2) is 11.8. The number of benzene rings is 2. The Hall–Kier alpha value is -3.61. The highest BCUT2D eigenvalue weighted by Crippen LogP contribution is 2.23. The van der Waals surface area contributed by atoms with Crippen LogP contribution < -0.4 is 10.1 Å². The first-order valence-corrected chi connectivity index (χ1v) is 11.6. The zero-order valence-corrected chi connectivity index (χ0v) is 20.6. The van der Waals surface area contributed by atoms with Crippen LogP contribution in [0.2, 0.25) is 0 Å². The van der Waals surface area contributed by atoms with Crippen LogP contribution in [0.15, 0.2) is 36.4 Å². The zero-order valence-electron chi connectivity index (χ0n) is 20.6. The summed E-state index contributed by atoms with van der Waals surface area (Å²) >= 11 is 0. The number of carbonyl (C=O) groups excluding carboxylic acids is 1. The summed E-state index contributed by atoms with van der Waals surface area (Å²) in [6, 6.07) is 7.02. The fraction of sp³-hybridized carbons (Fsp3) is 0.400. The highest BCUT2D eigenvalue weighted by Gasteiger charge is 2.41. The van der Waals surface area contributed by atoms with E-state index in [4.69, 9.17) is 15.6 Å². The van der Waals surface area contributed by atoms with Crippen LogP contribution in [0.25, 0.3) is 0 Å². The molecule has 2 aromatic carbocycles. The fourth-order valence-corrected chi connectivity index (χ4v) is 4.17. The van der Waals surface area contributed by atoms with E-state index in [2.05, 4.69) is 5.32 Å². The average molecular weight is 544 g/mol. The Morgan fingerprint density at radius 3 is 2.29 bits per heavy atom. The minimum atomic E-state index is -4.93. The summed E-state index contributed by atoms with van der Waals surface area (Å²) in [6.07, 6.45) is -5.38.